The summed E-state index contributed by atoms with van der Waals surface area (Å²) in [6, 6.07) is 5.15. The molecular weight excluding hydrogens is 358 g/mol. The van der Waals surface area contributed by atoms with Crippen molar-refractivity contribution in [1.82, 2.24) is 5.32 Å². The van der Waals surface area contributed by atoms with Gasteiger partial charge in [-0.15, -0.1) is 0 Å². The molecule has 6 heteroatoms. The van der Waals surface area contributed by atoms with Gasteiger partial charge >= 0.3 is 0 Å². The van der Waals surface area contributed by atoms with E-state index in [4.69, 9.17) is 21.4 Å². The fourth-order valence-electron chi connectivity index (χ4n) is 1.84. The molecule has 2 N–H and O–H groups in total. The lowest BCUT2D eigenvalue weighted by Crippen LogP contribution is -2.39. The normalized spacial score (nSPS) is 13.6. The van der Waals surface area contributed by atoms with Gasteiger partial charge in [0, 0.05) is 18.2 Å². The summed E-state index contributed by atoms with van der Waals surface area (Å²) in [4.78, 5) is 12.0. The Morgan fingerprint density at radius 2 is 2.24 bits per heavy atom. The van der Waals surface area contributed by atoms with Gasteiger partial charge in [0.25, 0.3) is 5.91 Å². The number of nitrogens with one attached hydrogen (secondary N) is 1. The molecule has 0 aromatic heterocycles. The molecule has 0 bridgehead atoms. The average molecular weight is 379 g/mol. The van der Waals surface area contributed by atoms with Crippen LogP contribution in [0.3, 0.4) is 0 Å². The SMILES string of the molecule is CCC(CCO)CNC(=O)C(C)Oc1ccc(Cl)cc1Br. The van der Waals surface area contributed by atoms with Crippen molar-refractivity contribution >= 4 is 33.4 Å². The first-order valence-electron chi connectivity index (χ1n) is 6.98. The monoisotopic (exact) mass is 377 g/mol. The van der Waals surface area contributed by atoms with Gasteiger partial charge in [0.1, 0.15) is 5.75 Å². The Hall–Kier alpha value is -0.780. The van der Waals surface area contributed by atoms with Crippen LogP contribution in [0.2, 0.25) is 5.02 Å². The number of hydrogen-bond acceptors (Lipinski definition) is 3. The Bertz CT molecular complexity index is 470. The van der Waals surface area contributed by atoms with Crippen LogP contribution in [-0.4, -0.2) is 30.3 Å². The van der Waals surface area contributed by atoms with E-state index in [1.54, 1.807) is 25.1 Å². The van der Waals surface area contributed by atoms with Crippen LogP contribution < -0.4 is 10.1 Å². The van der Waals surface area contributed by atoms with Gasteiger partial charge in [-0.1, -0.05) is 24.9 Å². The first-order valence-corrected chi connectivity index (χ1v) is 8.15. The zero-order valence-corrected chi connectivity index (χ0v) is 14.6. The fourth-order valence-corrected chi connectivity index (χ4v) is 2.61. The minimum absolute atomic E-state index is 0.137. The van der Waals surface area contributed by atoms with Crippen LogP contribution in [0.4, 0.5) is 0 Å². The molecule has 2 unspecified atom stereocenters. The van der Waals surface area contributed by atoms with E-state index in [1.165, 1.54) is 0 Å². The van der Waals surface area contributed by atoms with Crippen LogP contribution >= 0.6 is 27.5 Å². The van der Waals surface area contributed by atoms with Gasteiger partial charge < -0.3 is 15.2 Å². The van der Waals surface area contributed by atoms with E-state index in [1.807, 2.05) is 6.92 Å². The largest absolute Gasteiger partial charge is 0.480 e. The minimum Gasteiger partial charge on any atom is -0.480 e. The third-order valence-electron chi connectivity index (χ3n) is 3.25. The Labute approximate surface area is 139 Å². The zero-order valence-electron chi connectivity index (χ0n) is 12.2. The maximum absolute atomic E-state index is 12.0. The molecule has 0 heterocycles. The summed E-state index contributed by atoms with van der Waals surface area (Å²) >= 11 is 9.21. The highest BCUT2D eigenvalue weighted by atomic mass is 79.9. The third-order valence-corrected chi connectivity index (χ3v) is 4.10. The maximum Gasteiger partial charge on any atom is 0.260 e. The molecule has 1 aromatic rings. The van der Waals surface area contributed by atoms with Crippen LogP contribution in [0.1, 0.15) is 26.7 Å². The van der Waals surface area contributed by atoms with Crippen molar-refractivity contribution in [2.75, 3.05) is 13.2 Å². The van der Waals surface area contributed by atoms with E-state index >= 15 is 0 Å². The van der Waals surface area contributed by atoms with Crippen molar-refractivity contribution in [2.45, 2.75) is 32.8 Å². The number of rotatable bonds is 8. The maximum atomic E-state index is 12.0. The van der Waals surface area contributed by atoms with Crippen LogP contribution in [0.25, 0.3) is 0 Å². The Morgan fingerprint density at radius 3 is 2.81 bits per heavy atom. The lowest BCUT2D eigenvalue weighted by molar-refractivity contribution is -0.127. The number of benzene rings is 1. The standard InChI is InChI=1S/C15H21BrClNO3/c1-3-11(6-7-19)9-18-15(20)10(2)21-14-5-4-12(17)8-13(14)16/h4-5,8,10-11,19H,3,6-7,9H2,1-2H3,(H,18,20). The summed E-state index contributed by atoms with van der Waals surface area (Å²) in [5.41, 5.74) is 0. The van der Waals surface area contributed by atoms with Crippen LogP contribution in [-0.2, 0) is 4.79 Å². The van der Waals surface area contributed by atoms with Gasteiger partial charge in [0.2, 0.25) is 0 Å². The van der Waals surface area contributed by atoms with E-state index in [9.17, 15) is 4.79 Å². The van der Waals surface area contributed by atoms with Gasteiger partial charge in [-0.25, -0.2) is 0 Å². The molecule has 0 aliphatic heterocycles. The zero-order chi connectivity index (χ0) is 15.8. The third kappa shape index (κ3) is 6.24. The first-order chi connectivity index (χ1) is 9.97. The number of amides is 1. The van der Waals surface area contributed by atoms with Gasteiger partial charge in [-0.3, -0.25) is 4.79 Å². The van der Waals surface area contributed by atoms with E-state index in [0.29, 0.717) is 28.2 Å². The molecule has 0 spiro atoms. The molecule has 0 saturated heterocycles. The molecule has 118 valence electrons. The van der Waals surface area contributed by atoms with E-state index in [2.05, 4.69) is 21.2 Å². The van der Waals surface area contributed by atoms with Gasteiger partial charge in [0.15, 0.2) is 6.10 Å². The quantitative estimate of drug-likeness (QED) is 0.729. The van der Waals surface area contributed by atoms with Crippen LogP contribution in [0.15, 0.2) is 22.7 Å². The number of aliphatic hydroxyl groups excluding tert-OH is 1. The molecule has 0 saturated carbocycles. The smallest absolute Gasteiger partial charge is 0.260 e. The van der Waals surface area contributed by atoms with Gasteiger partial charge in [0.05, 0.1) is 4.47 Å². The van der Waals surface area contributed by atoms with Crippen LogP contribution in [0, 0.1) is 5.92 Å². The van der Waals surface area contributed by atoms with Gasteiger partial charge in [-0.05, 0) is 53.4 Å². The highest BCUT2D eigenvalue weighted by Crippen LogP contribution is 2.28. The van der Waals surface area contributed by atoms with E-state index in [-0.39, 0.29) is 18.4 Å². The molecule has 0 aliphatic rings. The molecule has 1 aromatic carbocycles. The first kappa shape index (κ1) is 18.3. The summed E-state index contributed by atoms with van der Waals surface area (Å²) in [6.07, 6.45) is 1.00. The fraction of sp³-hybridized carbons (Fsp3) is 0.533. The lowest BCUT2D eigenvalue weighted by atomic mass is 10.0. The Morgan fingerprint density at radius 1 is 1.52 bits per heavy atom. The Kier molecular flexibility index (Phi) is 8.07. The van der Waals surface area contributed by atoms with Crippen molar-refractivity contribution in [3.05, 3.63) is 27.7 Å². The number of halogens is 2. The van der Waals surface area contributed by atoms with E-state index in [0.717, 1.165) is 6.42 Å². The summed E-state index contributed by atoms with van der Waals surface area (Å²) in [7, 11) is 0. The highest BCUT2D eigenvalue weighted by Gasteiger charge is 2.17. The number of carbonyl (C=O) groups is 1. The minimum atomic E-state index is -0.603. The van der Waals surface area contributed by atoms with Gasteiger partial charge in [-0.2, -0.15) is 0 Å². The molecule has 4 nitrogen and oxygen atoms in total. The Balaban J connectivity index is 2.50. The number of carbonyl (C=O) groups excluding carboxylic acids is 1. The molecule has 2 atom stereocenters. The lowest BCUT2D eigenvalue weighted by Gasteiger charge is -2.18. The average Bonchev–Trinajstić information content (AvgIpc) is 2.45. The number of ether oxygens (including phenoxy) is 1. The number of hydrogen-bond donors (Lipinski definition) is 2. The second kappa shape index (κ2) is 9.28. The van der Waals surface area contributed by atoms with Crippen molar-refractivity contribution in [3.63, 3.8) is 0 Å². The molecule has 1 rings (SSSR count). The number of aliphatic hydroxyl groups is 1. The van der Waals surface area contributed by atoms with Crippen molar-refractivity contribution in [3.8, 4) is 5.75 Å². The molecular formula is C15H21BrClNO3. The van der Waals surface area contributed by atoms with E-state index < -0.39 is 6.10 Å². The summed E-state index contributed by atoms with van der Waals surface area (Å²) in [5.74, 6) is 0.686. The van der Waals surface area contributed by atoms with Crippen molar-refractivity contribution in [1.29, 1.82) is 0 Å². The molecule has 21 heavy (non-hydrogen) atoms. The summed E-state index contributed by atoms with van der Waals surface area (Å²) in [6.45, 7) is 4.42. The predicted octanol–water partition coefficient (Wildman–Crippen LogP) is 3.39. The summed E-state index contributed by atoms with van der Waals surface area (Å²) in [5, 5.41) is 12.4. The predicted molar refractivity (Wildman–Crippen MR) is 87.7 cm³/mol. The molecule has 0 fully saturated rings. The molecule has 0 radical (unpaired) electrons. The second-order valence-electron chi connectivity index (χ2n) is 4.87. The van der Waals surface area contributed by atoms with Crippen molar-refractivity contribution in [2.24, 2.45) is 5.92 Å². The highest BCUT2D eigenvalue weighted by molar-refractivity contribution is 9.10. The second-order valence-corrected chi connectivity index (χ2v) is 6.16. The summed E-state index contributed by atoms with van der Waals surface area (Å²) < 4.78 is 6.33. The topological polar surface area (TPSA) is 58.6 Å². The molecule has 1 amide bonds. The van der Waals surface area contributed by atoms with Crippen molar-refractivity contribution < 1.29 is 14.6 Å². The molecule has 0 aliphatic carbocycles. The van der Waals surface area contributed by atoms with Crippen LogP contribution in [0.5, 0.6) is 5.75 Å².